The summed E-state index contributed by atoms with van der Waals surface area (Å²) in [5.74, 6) is -0.802. The average Bonchev–Trinajstić information content (AvgIpc) is 2.84. The van der Waals surface area contributed by atoms with E-state index < -0.39 is 5.91 Å². The zero-order chi connectivity index (χ0) is 23.9. The Morgan fingerprint density at radius 1 is 0.618 bits per heavy atom. The SMILES string of the molecule is O=C(Nc1ccc(N=Nc2ccccc2)c(NC(=O)c2ccccc2Cl)c1)c1ccccc1Cl. The fraction of sp³-hybridized carbons (Fsp3) is 0. The lowest BCUT2D eigenvalue weighted by Gasteiger charge is -2.12. The molecular weight excluding hydrogens is 471 g/mol. The van der Waals surface area contributed by atoms with Crippen LogP contribution in [0.5, 0.6) is 0 Å². The topological polar surface area (TPSA) is 82.9 Å². The molecule has 8 heteroatoms. The number of amides is 2. The van der Waals surface area contributed by atoms with Crippen LogP contribution < -0.4 is 10.6 Å². The van der Waals surface area contributed by atoms with Crippen molar-refractivity contribution < 1.29 is 9.59 Å². The molecule has 168 valence electrons. The van der Waals surface area contributed by atoms with Gasteiger partial charge in [-0.3, -0.25) is 9.59 Å². The number of carbonyl (C=O) groups is 2. The zero-order valence-corrected chi connectivity index (χ0v) is 19.2. The third kappa shape index (κ3) is 5.67. The van der Waals surface area contributed by atoms with Crippen molar-refractivity contribution in [3.8, 4) is 0 Å². The largest absolute Gasteiger partial charge is 0.322 e. The second-order valence-electron chi connectivity index (χ2n) is 7.14. The number of nitrogens with zero attached hydrogens (tertiary/aromatic N) is 2. The lowest BCUT2D eigenvalue weighted by atomic mass is 10.1. The van der Waals surface area contributed by atoms with E-state index in [0.29, 0.717) is 43.9 Å². The van der Waals surface area contributed by atoms with Crippen molar-refractivity contribution in [2.75, 3.05) is 10.6 Å². The number of halogens is 2. The molecule has 0 radical (unpaired) electrons. The minimum absolute atomic E-state index is 0.306. The summed E-state index contributed by atoms with van der Waals surface area (Å²) < 4.78 is 0. The van der Waals surface area contributed by atoms with Crippen LogP contribution in [0.4, 0.5) is 22.7 Å². The number of anilines is 2. The first kappa shape index (κ1) is 23.2. The first-order valence-electron chi connectivity index (χ1n) is 10.2. The van der Waals surface area contributed by atoms with Crippen LogP contribution >= 0.6 is 23.2 Å². The molecule has 0 bridgehead atoms. The Bertz CT molecular complexity index is 1370. The molecule has 34 heavy (non-hydrogen) atoms. The molecular formula is C26H18Cl2N4O2. The van der Waals surface area contributed by atoms with E-state index in [-0.39, 0.29) is 5.91 Å². The number of benzene rings is 4. The van der Waals surface area contributed by atoms with Crippen LogP contribution in [0.1, 0.15) is 20.7 Å². The van der Waals surface area contributed by atoms with Crippen molar-refractivity contribution in [1.29, 1.82) is 0 Å². The van der Waals surface area contributed by atoms with Gasteiger partial charge in [-0.15, -0.1) is 5.11 Å². The van der Waals surface area contributed by atoms with Gasteiger partial charge >= 0.3 is 0 Å². The van der Waals surface area contributed by atoms with Crippen LogP contribution in [0, 0.1) is 0 Å². The van der Waals surface area contributed by atoms with E-state index in [1.807, 2.05) is 30.3 Å². The fourth-order valence-corrected chi connectivity index (χ4v) is 3.53. The van der Waals surface area contributed by atoms with Crippen molar-refractivity contribution in [3.05, 3.63) is 118 Å². The highest BCUT2D eigenvalue weighted by Gasteiger charge is 2.15. The Kier molecular flexibility index (Phi) is 7.32. The van der Waals surface area contributed by atoms with Gasteiger partial charge in [-0.2, -0.15) is 5.11 Å². The first-order valence-corrected chi connectivity index (χ1v) is 11.0. The Hall–Kier alpha value is -4.00. The Morgan fingerprint density at radius 2 is 1.18 bits per heavy atom. The van der Waals surface area contributed by atoms with Gasteiger partial charge in [0.05, 0.1) is 32.5 Å². The minimum atomic E-state index is -0.420. The summed E-state index contributed by atoms with van der Waals surface area (Å²) in [6.07, 6.45) is 0. The summed E-state index contributed by atoms with van der Waals surface area (Å²) in [5, 5.41) is 14.8. The quantitative estimate of drug-likeness (QED) is 0.270. The molecule has 2 N–H and O–H groups in total. The molecule has 4 rings (SSSR count). The smallest absolute Gasteiger partial charge is 0.257 e. The molecule has 2 amide bonds. The van der Waals surface area contributed by atoms with Crippen molar-refractivity contribution in [1.82, 2.24) is 0 Å². The molecule has 6 nitrogen and oxygen atoms in total. The van der Waals surface area contributed by atoms with E-state index in [1.54, 1.807) is 66.7 Å². The van der Waals surface area contributed by atoms with Crippen molar-refractivity contribution in [2.24, 2.45) is 10.2 Å². The molecule has 0 atom stereocenters. The van der Waals surface area contributed by atoms with E-state index in [1.165, 1.54) is 0 Å². The zero-order valence-electron chi connectivity index (χ0n) is 17.7. The molecule has 4 aromatic carbocycles. The van der Waals surface area contributed by atoms with Gasteiger partial charge in [0.15, 0.2) is 0 Å². The average molecular weight is 489 g/mol. The highest BCUT2D eigenvalue weighted by atomic mass is 35.5. The van der Waals surface area contributed by atoms with E-state index >= 15 is 0 Å². The second kappa shape index (κ2) is 10.7. The van der Waals surface area contributed by atoms with Crippen LogP contribution in [0.25, 0.3) is 0 Å². The summed E-state index contributed by atoms with van der Waals surface area (Å²) in [4.78, 5) is 25.6. The van der Waals surface area contributed by atoms with Crippen molar-refractivity contribution in [2.45, 2.75) is 0 Å². The lowest BCUT2D eigenvalue weighted by Crippen LogP contribution is -2.14. The third-order valence-corrected chi connectivity index (χ3v) is 5.43. The summed E-state index contributed by atoms with van der Waals surface area (Å²) in [5.41, 5.74) is 2.49. The minimum Gasteiger partial charge on any atom is -0.322 e. The highest BCUT2D eigenvalue weighted by molar-refractivity contribution is 6.35. The predicted octanol–water partition coefficient (Wildman–Crippen LogP) is 7.91. The standard InChI is InChI=1S/C26H18Cl2N4O2/c27-21-12-6-4-10-19(21)25(33)29-18-14-15-23(32-31-17-8-2-1-3-9-17)24(16-18)30-26(34)20-11-5-7-13-22(20)28/h1-16H,(H,29,33)(H,30,34). The Balaban J connectivity index is 1.65. The molecule has 0 aliphatic rings. The maximum Gasteiger partial charge on any atom is 0.257 e. The van der Waals surface area contributed by atoms with Gasteiger partial charge in [0.25, 0.3) is 11.8 Å². The number of rotatable bonds is 6. The molecule has 0 aromatic heterocycles. The van der Waals surface area contributed by atoms with Gasteiger partial charge in [0.2, 0.25) is 0 Å². The molecule has 0 aliphatic carbocycles. The predicted molar refractivity (Wildman–Crippen MR) is 136 cm³/mol. The summed E-state index contributed by atoms with van der Waals surface area (Å²) >= 11 is 12.3. The fourth-order valence-electron chi connectivity index (χ4n) is 3.09. The van der Waals surface area contributed by atoms with Crippen molar-refractivity contribution in [3.63, 3.8) is 0 Å². The van der Waals surface area contributed by atoms with Gasteiger partial charge in [-0.25, -0.2) is 0 Å². The lowest BCUT2D eigenvalue weighted by molar-refractivity contribution is 0.101. The summed E-state index contributed by atoms with van der Waals surface area (Å²) in [7, 11) is 0. The number of hydrogen-bond acceptors (Lipinski definition) is 4. The van der Waals surface area contributed by atoms with Gasteiger partial charge in [-0.05, 0) is 54.6 Å². The molecule has 0 saturated carbocycles. The van der Waals surface area contributed by atoms with Crippen LogP contribution in [-0.2, 0) is 0 Å². The maximum atomic E-state index is 12.9. The van der Waals surface area contributed by atoms with Crippen molar-refractivity contribution >= 4 is 57.8 Å². The summed E-state index contributed by atoms with van der Waals surface area (Å²) in [6, 6.07) is 27.6. The molecule has 4 aromatic rings. The number of nitrogens with one attached hydrogen (secondary N) is 2. The summed E-state index contributed by atoms with van der Waals surface area (Å²) in [6.45, 7) is 0. The van der Waals surface area contributed by atoms with Crippen LogP contribution in [-0.4, -0.2) is 11.8 Å². The maximum absolute atomic E-state index is 12.9. The van der Waals surface area contributed by atoms with Gasteiger partial charge in [0, 0.05) is 5.69 Å². The number of carbonyl (C=O) groups excluding carboxylic acids is 2. The monoisotopic (exact) mass is 488 g/mol. The number of hydrogen-bond donors (Lipinski definition) is 2. The molecule has 0 fully saturated rings. The Labute approximate surface area is 206 Å². The number of azo groups is 1. The Morgan fingerprint density at radius 3 is 1.79 bits per heavy atom. The van der Waals surface area contributed by atoms with Crippen LogP contribution in [0.3, 0.4) is 0 Å². The van der Waals surface area contributed by atoms with E-state index in [2.05, 4.69) is 20.9 Å². The van der Waals surface area contributed by atoms with Crippen LogP contribution in [0.2, 0.25) is 10.0 Å². The first-order chi connectivity index (χ1) is 16.5. The van der Waals surface area contributed by atoms with Crippen LogP contribution in [0.15, 0.2) is 107 Å². The third-order valence-electron chi connectivity index (χ3n) is 4.77. The molecule has 0 heterocycles. The van der Waals surface area contributed by atoms with E-state index in [4.69, 9.17) is 23.2 Å². The van der Waals surface area contributed by atoms with Gasteiger partial charge in [-0.1, -0.05) is 65.7 Å². The normalized spacial score (nSPS) is 10.8. The molecule has 0 unspecified atom stereocenters. The van der Waals surface area contributed by atoms with E-state index in [0.717, 1.165) is 0 Å². The molecule has 0 aliphatic heterocycles. The van der Waals surface area contributed by atoms with Gasteiger partial charge < -0.3 is 10.6 Å². The highest BCUT2D eigenvalue weighted by Crippen LogP contribution is 2.31. The molecule has 0 saturated heterocycles. The molecule has 0 spiro atoms. The second-order valence-corrected chi connectivity index (χ2v) is 7.95. The van der Waals surface area contributed by atoms with E-state index in [9.17, 15) is 9.59 Å². The van der Waals surface area contributed by atoms with Gasteiger partial charge in [0.1, 0.15) is 5.69 Å².